The second-order valence-electron chi connectivity index (χ2n) is 4.48. The highest BCUT2D eigenvalue weighted by Crippen LogP contribution is 2.33. The standard InChI is InChI=1S/C10H15N5O2/c11-14-12-6-7-15-8(16)10(13-9(15)17)4-2-1-3-5-10/h1-7H2,(H,13,17). The van der Waals surface area contributed by atoms with Crippen molar-refractivity contribution in [1.29, 1.82) is 0 Å². The molecule has 0 atom stereocenters. The lowest BCUT2D eigenvalue weighted by atomic mass is 9.82. The summed E-state index contributed by atoms with van der Waals surface area (Å²) in [7, 11) is 0. The largest absolute Gasteiger partial charge is 0.325 e. The van der Waals surface area contributed by atoms with Gasteiger partial charge in [-0.1, -0.05) is 24.4 Å². The first-order chi connectivity index (χ1) is 8.19. The van der Waals surface area contributed by atoms with Gasteiger partial charge in [0.05, 0.1) is 0 Å². The van der Waals surface area contributed by atoms with Crippen LogP contribution in [-0.2, 0) is 4.79 Å². The molecular formula is C10H15N5O2. The summed E-state index contributed by atoms with van der Waals surface area (Å²) in [6.07, 6.45) is 4.49. The highest BCUT2D eigenvalue weighted by Gasteiger charge is 2.50. The minimum atomic E-state index is -0.675. The topological polar surface area (TPSA) is 98.2 Å². The Morgan fingerprint density at radius 2 is 2.06 bits per heavy atom. The molecule has 7 nitrogen and oxygen atoms in total. The molecule has 1 heterocycles. The maximum Gasteiger partial charge on any atom is 0.325 e. The third kappa shape index (κ3) is 2.06. The monoisotopic (exact) mass is 237 g/mol. The molecule has 1 N–H and O–H groups in total. The second kappa shape index (κ2) is 4.63. The van der Waals surface area contributed by atoms with E-state index in [9.17, 15) is 9.59 Å². The molecule has 2 fully saturated rings. The molecule has 1 saturated carbocycles. The number of nitrogens with zero attached hydrogens (tertiary/aromatic N) is 4. The number of carbonyl (C=O) groups excluding carboxylic acids is 2. The van der Waals surface area contributed by atoms with Gasteiger partial charge in [-0.15, -0.1) is 0 Å². The van der Waals surface area contributed by atoms with Gasteiger partial charge in [-0.2, -0.15) is 0 Å². The predicted octanol–water partition coefficient (Wildman–Crippen LogP) is 1.55. The van der Waals surface area contributed by atoms with Crippen LogP contribution in [0.1, 0.15) is 32.1 Å². The first kappa shape index (κ1) is 11.7. The van der Waals surface area contributed by atoms with Crippen molar-refractivity contribution in [3.05, 3.63) is 10.4 Å². The maximum absolute atomic E-state index is 12.2. The average molecular weight is 237 g/mol. The number of amides is 3. The third-order valence-corrected chi connectivity index (χ3v) is 3.44. The van der Waals surface area contributed by atoms with E-state index in [-0.39, 0.29) is 25.0 Å². The van der Waals surface area contributed by atoms with Crippen LogP contribution in [0, 0.1) is 0 Å². The van der Waals surface area contributed by atoms with Gasteiger partial charge in [-0.25, -0.2) is 4.79 Å². The Kier molecular flexibility index (Phi) is 3.19. The van der Waals surface area contributed by atoms with Gasteiger partial charge < -0.3 is 5.32 Å². The molecule has 1 saturated heterocycles. The van der Waals surface area contributed by atoms with Crippen molar-refractivity contribution < 1.29 is 9.59 Å². The minimum absolute atomic E-state index is 0.131. The molecular weight excluding hydrogens is 222 g/mol. The number of hydrogen-bond donors (Lipinski definition) is 1. The van der Waals surface area contributed by atoms with E-state index in [1.165, 1.54) is 4.90 Å². The summed E-state index contributed by atoms with van der Waals surface area (Å²) in [6, 6.07) is -0.356. The van der Waals surface area contributed by atoms with Crippen LogP contribution >= 0.6 is 0 Å². The molecule has 1 aliphatic carbocycles. The summed E-state index contributed by atoms with van der Waals surface area (Å²) in [5.74, 6) is -0.157. The molecule has 1 spiro atoms. The predicted molar refractivity (Wildman–Crippen MR) is 60.1 cm³/mol. The van der Waals surface area contributed by atoms with E-state index >= 15 is 0 Å². The van der Waals surface area contributed by atoms with Crippen LogP contribution < -0.4 is 5.32 Å². The minimum Gasteiger partial charge on any atom is -0.323 e. The normalized spacial score (nSPS) is 22.5. The second-order valence-corrected chi connectivity index (χ2v) is 4.48. The van der Waals surface area contributed by atoms with Gasteiger partial charge in [0.15, 0.2) is 0 Å². The summed E-state index contributed by atoms with van der Waals surface area (Å²) in [5, 5.41) is 6.14. The lowest BCUT2D eigenvalue weighted by Gasteiger charge is -2.30. The van der Waals surface area contributed by atoms with E-state index in [0.717, 1.165) is 32.1 Å². The van der Waals surface area contributed by atoms with Crippen molar-refractivity contribution in [1.82, 2.24) is 10.2 Å². The van der Waals surface area contributed by atoms with Gasteiger partial charge in [-0.3, -0.25) is 9.69 Å². The van der Waals surface area contributed by atoms with Crippen LogP contribution in [0.5, 0.6) is 0 Å². The highest BCUT2D eigenvalue weighted by atomic mass is 16.2. The molecule has 92 valence electrons. The smallest absolute Gasteiger partial charge is 0.323 e. The van der Waals surface area contributed by atoms with Gasteiger partial charge in [0.2, 0.25) is 0 Å². The molecule has 7 heteroatoms. The zero-order valence-corrected chi connectivity index (χ0v) is 9.56. The van der Waals surface area contributed by atoms with E-state index < -0.39 is 5.54 Å². The summed E-state index contributed by atoms with van der Waals surface area (Å²) >= 11 is 0. The fraction of sp³-hybridized carbons (Fsp3) is 0.800. The summed E-state index contributed by atoms with van der Waals surface area (Å²) in [5.41, 5.74) is 7.49. The van der Waals surface area contributed by atoms with E-state index in [0.29, 0.717) is 0 Å². The van der Waals surface area contributed by atoms with Gasteiger partial charge in [-0.05, 0) is 18.4 Å². The molecule has 0 bridgehead atoms. The van der Waals surface area contributed by atoms with Gasteiger partial charge in [0.25, 0.3) is 5.91 Å². The van der Waals surface area contributed by atoms with Crippen LogP contribution in [0.2, 0.25) is 0 Å². The number of imide groups is 1. The van der Waals surface area contributed by atoms with Crippen LogP contribution in [0.4, 0.5) is 4.79 Å². The van der Waals surface area contributed by atoms with Crippen molar-refractivity contribution in [3.8, 4) is 0 Å². The molecule has 2 aliphatic rings. The van der Waals surface area contributed by atoms with Gasteiger partial charge in [0.1, 0.15) is 5.54 Å². The molecule has 0 unspecified atom stereocenters. The van der Waals surface area contributed by atoms with Crippen LogP contribution in [0.15, 0.2) is 5.11 Å². The molecule has 0 radical (unpaired) electrons. The summed E-state index contributed by atoms with van der Waals surface area (Å²) < 4.78 is 0. The Morgan fingerprint density at radius 3 is 2.71 bits per heavy atom. The lowest BCUT2D eigenvalue weighted by molar-refractivity contribution is -0.132. The van der Waals surface area contributed by atoms with Crippen LogP contribution in [-0.4, -0.2) is 35.5 Å². The van der Waals surface area contributed by atoms with E-state index in [1.807, 2.05) is 0 Å². The van der Waals surface area contributed by atoms with E-state index in [1.54, 1.807) is 0 Å². The van der Waals surface area contributed by atoms with Crippen molar-refractivity contribution in [2.45, 2.75) is 37.6 Å². The SMILES string of the molecule is [N-]=[N+]=NCCN1C(=O)NC2(CCCCC2)C1=O. The molecule has 17 heavy (non-hydrogen) atoms. The molecule has 1 aliphatic heterocycles. The molecule has 2 rings (SSSR count). The molecule has 0 aromatic carbocycles. The molecule has 0 aromatic heterocycles. The van der Waals surface area contributed by atoms with Crippen molar-refractivity contribution in [3.63, 3.8) is 0 Å². The number of nitrogens with one attached hydrogen (secondary N) is 1. The van der Waals surface area contributed by atoms with Crippen molar-refractivity contribution >= 4 is 11.9 Å². The molecule has 3 amide bonds. The Hall–Kier alpha value is -1.75. The number of urea groups is 1. The van der Waals surface area contributed by atoms with E-state index in [4.69, 9.17) is 5.53 Å². The van der Waals surface area contributed by atoms with Crippen molar-refractivity contribution in [2.24, 2.45) is 5.11 Å². The summed E-state index contributed by atoms with van der Waals surface area (Å²) in [4.78, 5) is 27.7. The number of carbonyl (C=O) groups is 2. The van der Waals surface area contributed by atoms with Crippen LogP contribution in [0.25, 0.3) is 10.4 Å². The third-order valence-electron chi connectivity index (χ3n) is 3.44. The first-order valence-corrected chi connectivity index (χ1v) is 5.85. The number of rotatable bonds is 3. The van der Waals surface area contributed by atoms with E-state index in [2.05, 4.69) is 15.3 Å². The molecule has 0 aromatic rings. The van der Waals surface area contributed by atoms with Crippen molar-refractivity contribution in [2.75, 3.05) is 13.1 Å². The average Bonchev–Trinajstić information content (AvgIpc) is 2.55. The quantitative estimate of drug-likeness (QED) is 0.348. The number of hydrogen-bond acceptors (Lipinski definition) is 3. The van der Waals surface area contributed by atoms with Crippen LogP contribution in [0.3, 0.4) is 0 Å². The summed E-state index contributed by atoms with van der Waals surface area (Å²) in [6.45, 7) is 0.294. The van der Waals surface area contributed by atoms with Gasteiger partial charge >= 0.3 is 6.03 Å². The number of azide groups is 1. The first-order valence-electron chi connectivity index (χ1n) is 5.85. The lowest BCUT2D eigenvalue weighted by Crippen LogP contribution is -2.48. The fourth-order valence-electron chi connectivity index (χ4n) is 2.56. The maximum atomic E-state index is 12.2. The zero-order chi connectivity index (χ0) is 12.3. The Balaban J connectivity index is 2.07. The Morgan fingerprint density at radius 1 is 1.35 bits per heavy atom. The van der Waals surface area contributed by atoms with Gasteiger partial charge in [0, 0.05) is 18.0 Å². The zero-order valence-electron chi connectivity index (χ0n) is 9.56. The Bertz CT molecular complexity index is 382. The fourth-order valence-corrected chi connectivity index (χ4v) is 2.56. The highest BCUT2D eigenvalue weighted by molar-refractivity contribution is 6.07. The Labute approximate surface area is 98.8 Å².